The first kappa shape index (κ1) is 17.7. The van der Waals surface area contributed by atoms with Gasteiger partial charge in [-0.2, -0.15) is 0 Å². The molecule has 2 rings (SSSR count). The Morgan fingerprint density at radius 3 is 2.48 bits per heavy atom. The molecule has 2 aromatic rings. The van der Waals surface area contributed by atoms with Gasteiger partial charge in [-0.15, -0.1) is 0 Å². The highest BCUT2D eigenvalue weighted by molar-refractivity contribution is 5.96. The van der Waals surface area contributed by atoms with Crippen molar-refractivity contribution in [3.05, 3.63) is 57.1 Å². The summed E-state index contributed by atoms with van der Waals surface area (Å²) in [7, 11) is 0. The summed E-state index contributed by atoms with van der Waals surface area (Å²) in [5.74, 6) is -3.13. The summed E-state index contributed by atoms with van der Waals surface area (Å²) in [4.78, 5) is 33.2. The monoisotopic (exact) mass is 346 g/mol. The van der Waals surface area contributed by atoms with Crippen LogP contribution in [0.2, 0.25) is 0 Å². The number of rotatable bonds is 5. The maximum Gasteiger partial charge on any atom is 0.335 e. The number of nitro benzene ring substituents is 1. The van der Waals surface area contributed by atoms with Crippen LogP contribution >= 0.6 is 0 Å². The SMILES string of the molecule is Cc1ccc(C(=O)O)cc1NC(=O)Cc1cc([N+](=O)[O-])cc(O)c1O. The number of benzene rings is 2. The second kappa shape index (κ2) is 6.87. The molecule has 9 heteroatoms. The molecule has 0 saturated carbocycles. The van der Waals surface area contributed by atoms with Crippen molar-refractivity contribution in [2.45, 2.75) is 13.3 Å². The number of aromatic carboxylic acids is 1. The largest absolute Gasteiger partial charge is 0.504 e. The third-order valence-electron chi connectivity index (χ3n) is 3.47. The van der Waals surface area contributed by atoms with Crippen LogP contribution in [0.1, 0.15) is 21.5 Å². The highest BCUT2D eigenvalue weighted by Crippen LogP contribution is 2.34. The van der Waals surface area contributed by atoms with Gasteiger partial charge in [0.25, 0.3) is 5.69 Å². The molecule has 0 spiro atoms. The van der Waals surface area contributed by atoms with Crippen LogP contribution in [0.3, 0.4) is 0 Å². The average molecular weight is 346 g/mol. The summed E-state index contributed by atoms with van der Waals surface area (Å²) < 4.78 is 0. The lowest BCUT2D eigenvalue weighted by molar-refractivity contribution is -0.385. The fraction of sp³-hybridized carbons (Fsp3) is 0.125. The number of hydrogen-bond acceptors (Lipinski definition) is 6. The van der Waals surface area contributed by atoms with E-state index in [4.69, 9.17) is 5.11 Å². The van der Waals surface area contributed by atoms with Crippen LogP contribution < -0.4 is 5.32 Å². The Hall–Kier alpha value is -3.62. The van der Waals surface area contributed by atoms with Gasteiger partial charge >= 0.3 is 5.97 Å². The van der Waals surface area contributed by atoms with E-state index in [2.05, 4.69) is 5.32 Å². The van der Waals surface area contributed by atoms with E-state index in [0.29, 0.717) is 5.56 Å². The number of nitrogens with zero attached hydrogens (tertiary/aromatic N) is 1. The number of aryl methyl sites for hydroxylation is 1. The van der Waals surface area contributed by atoms with Crippen molar-refractivity contribution in [3.63, 3.8) is 0 Å². The topological polar surface area (TPSA) is 150 Å². The Labute approximate surface area is 141 Å². The molecule has 0 saturated heterocycles. The first-order chi connectivity index (χ1) is 11.7. The molecule has 0 aliphatic carbocycles. The number of phenols is 2. The predicted octanol–water partition coefficient (Wildman–Crippen LogP) is 2.19. The van der Waals surface area contributed by atoms with Crippen molar-refractivity contribution in [1.29, 1.82) is 0 Å². The van der Waals surface area contributed by atoms with Gasteiger partial charge in [0.15, 0.2) is 11.5 Å². The number of hydrogen-bond donors (Lipinski definition) is 4. The number of carbonyl (C=O) groups is 2. The van der Waals surface area contributed by atoms with E-state index in [1.165, 1.54) is 18.2 Å². The third-order valence-corrected chi connectivity index (χ3v) is 3.47. The highest BCUT2D eigenvalue weighted by Gasteiger charge is 2.18. The van der Waals surface area contributed by atoms with Crippen molar-refractivity contribution in [1.82, 2.24) is 0 Å². The fourth-order valence-electron chi connectivity index (χ4n) is 2.16. The number of anilines is 1. The molecule has 0 radical (unpaired) electrons. The van der Waals surface area contributed by atoms with Gasteiger partial charge in [0.1, 0.15) is 0 Å². The molecular formula is C16H14N2O7. The van der Waals surface area contributed by atoms with E-state index in [0.717, 1.165) is 12.1 Å². The summed E-state index contributed by atoms with van der Waals surface area (Å²) in [6.45, 7) is 1.66. The van der Waals surface area contributed by atoms with Crippen LogP contribution in [-0.4, -0.2) is 32.1 Å². The normalized spacial score (nSPS) is 10.3. The van der Waals surface area contributed by atoms with Crippen LogP contribution in [0, 0.1) is 17.0 Å². The van der Waals surface area contributed by atoms with Crippen LogP contribution in [0.25, 0.3) is 0 Å². The molecule has 0 atom stereocenters. The molecule has 4 N–H and O–H groups in total. The Kier molecular flexibility index (Phi) is 4.87. The number of amides is 1. The average Bonchev–Trinajstić information content (AvgIpc) is 2.53. The zero-order valence-electron chi connectivity index (χ0n) is 13.0. The number of carbonyl (C=O) groups excluding carboxylic acids is 1. The number of nitrogens with one attached hydrogen (secondary N) is 1. The number of phenolic OH excluding ortho intramolecular Hbond substituents is 2. The van der Waals surface area contributed by atoms with Crippen molar-refractivity contribution >= 4 is 23.3 Å². The maximum atomic E-state index is 12.1. The quantitative estimate of drug-likeness (QED) is 0.368. The van der Waals surface area contributed by atoms with Gasteiger partial charge in [0.05, 0.1) is 23.0 Å². The minimum Gasteiger partial charge on any atom is -0.504 e. The molecule has 25 heavy (non-hydrogen) atoms. The van der Waals surface area contributed by atoms with Gasteiger partial charge < -0.3 is 20.6 Å². The smallest absolute Gasteiger partial charge is 0.335 e. The highest BCUT2D eigenvalue weighted by atomic mass is 16.6. The molecule has 0 aliphatic heterocycles. The Balaban J connectivity index is 2.25. The van der Waals surface area contributed by atoms with Crippen molar-refractivity contribution in [2.24, 2.45) is 0 Å². The zero-order valence-corrected chi connectivity index (χ0v) is 13.0. The summed E-state index contributed by atoms with van der Waals surface area (Å²) in [5.41, 5.74) is 0.263. The Bertz CT molecular complexity index is 877. The first-order valence-electron chi connectivity index (χ1n) is 7.02. The molecule has 0 unspecified atom stereocenters. The van der Waals surface area contributed by atoms with Crippen molar-refractivity contribution in [3.8, 4) is 11.5 Å². The van der Waals surface area contributed by atoms with Gasteiger partial charge in [-0.05, 0) is 24.6 Å². The number of carboxylic acid groups (broad SMARTS) is 1. The van der Waals surface area contributed by atoms with Crippen molar-refractivity contribution in [2.75, 3.05) is 5.32 Å². The predicted molar refractivity (Wildman–Crippen MR) is 86.9 cm³/mol. The second-order valence-corrected chi connectivity index (χ2v) is 5.29. The van der Waals surface area contributed by atoms with Crippen LogP contribution in [0.15, 0.2) is 30.3 Å². The summed E-state index contributed by atoms with van der Waals surface area (Å²) >= 11 is 0. The van der Waals surface area contributed by atoms with Gasteiger partial charge in [0, 0.05) is 17.3 Å². The molecule has 1 amide bonds. The minimum atomic E-state index is -1.16. The third kappa shape index (κ3) is 4.02. The number of nitro groups is 1. The second-order valence-electron chi connectivity index (χ2n) is 5.29. The molecule has 9 nitrogen and oxygen atoms in total. The number of aromatic hydroxyl groups is 2. The van der Waals surface area contributed by atoms with E-state index < -0.39 is 40.4 Å². The van der Waals surface area contributed by atoms with E-state index in [1.54, 1.807) is 6.92 Å². The van der Waals surface area contributed by atoms with Gasteiger partial charge in [-0.3, -0.25) is 14.9 Å². The van der Waals surface area contributed by atoms with Crippen LogP contribution in [-0.2, 0) is 11.2 Å². The van der Waals surface area contributed by atoms with Gasteiger partial charge in [-0.25, -0.2) is 4.79 Å². The maximum absolute atomic E-state index is 12.1. The molecule has 0 aromatic heterocycles. The van der Waals surface area contributed by atoms with Crippen LogP contribution in [0.4, 0.5) is 11.4 Å². The molecule has 0 fully saturated rings. The lowest BCUT2D eigenvalue weighted by atomic mass is 10.1. The molecule has 130 valence electrons. The van der Waals surface area contributed by atoms with Gasteiger partial charge in [0.2, 0.25) is 5.91 Å². The number of non-ortho nitro benzene ring substituents is 1. The lowest BCUT2D eigenvalue weighted by Crippen LogP contribution is -2.16. The summed E-state index contributed by atoms with van der Waals surface area (Å²) in [6, 6.07) is 5.94. The van der Waals surface area contributed by atoms with Crippen molar-refractivity contribution < 1.29 is 29.8 Å². The molecule has 0 aliphatic rings. The summed E-state index contributed by atoms with van der Waals surface area (Å²) in [6.07, 6.45) is -0.447. The fourth-order valence-corrected chi connectivity index (χ4v) is 2.16. The van der Waals surface area contributed by atoms with E-state index >= 15 is 0 Å². The minimum absolute atomic E-state index is 0.0169. The molecular weight excluding hydrogens is 332 g/mol. The molecule has 0 heterocycles. The Morgan fingerprint density at radius 2 is 1.88 bits per heavy atom. The number of carboxylic acids is 1. The summed E-state index contributed by atoms with van der Waals surface area (Å²) in [5, 5.41) is 41.5. The lowest BCUT2D eigenvalue weighted by Gasteiger charge is -2.10. The molecule has 0 bridgehead atoms. The van der Waals surface area contributed by atoms with E-state index in [-0.39, 0.29) is 16.8 Å². The van der Waals surface area contributed by atoms with Crippen LogP contribution in [0.5, 0.6) is 11.5 Å². The zero-order chi connectivity index (χ0) is 18.7. The standard InChI is InChI=1S/C16H14N2O7/c1-8-2-3-9(16(22)23)5-12(8)17-14(20)6-10-4-11(18(24)25)7-13(19)15(10)21/h2-5,7,19,21H,6H2,1H3,(H,17,20)(H,22,23). The first-order valence-corrected chi connectivity index (χ1v) is 7.02. The van der Waals surface area contributed by atoms with E-state index in [9.17, 15) is 29.9 Å². The Morgan fingerprint density at radius 1 is 1.20 bits per heavy atom. The van der Waals surface area contributed by atoms with Gasteiger partial charge in [-0.1, -0.05) is 6.07 Å². The van der Waals surface area contributed by atoms with E-state index in [1.807, 2.05) is 0 Å². The molecule has 2 aromatic carbocycles.